The first-order valence-corrected chi connectivity index (χ1v) is 6.13. The molecule has 0 bridgehead atoms. The molecule has 1 fully saturated rings. The minimum absolute atomic E-state index is 0.304. The molecule has 2 aromatic carbocycles. The Kier molecular flexibility index (Phi) is 2.73. The summed E-state index contributed by atoms with van der Waals surface area (Å²) in [6.45, 7) is 3.66. The normalized spacial score (nSPS) is 18.3. The van der Waals surface area contributed by atoms with Crippen LogP contribution in [0.5, 0.6) is 5.75 Å². The largest absolute Gasteiger partial charge is 0.490 e. The number of rotatable bonds is 4. The van der Waals surface area contributed by atoms with Gasteiger partial charge in [-0.25, -0.2) is 0 Å². The minimum atomic E-state index is 0.304. The maximum Gasteiger partial charge on any atom is 0.130 e. The SMILES string of the molecule is CCc1ccc2ccccc2c1OCC1CO1. The van der Waals surface area contributed by atoms with Crippen LogP contribution in [0, 0.1) is 0 Å². The van der Waals surface area contributed by atoms with Gasteiger partial charge in [-0.15, -0.1) is 0 Å². The van der Waals surface area contributed by atoms with Gasteiger partial charge in [0.1, 0.15) is 18.5 Å². The van der Waals surface area contributed by atoms with E-state index in [4.69, 9.17) is 9.47 Å². The van der Waals surface area contributed by atoms with Gasteiger partial charge in [0.2, 0.25) is 0 Å². The van der Waals surface area contributed by atoms with Gasteiger partial charge < -0.3 is 9.47 Å². The molecule has 0 aromatic heterocycles. The van der Waals surface area contributed by atoms with E-state index < -0.39 is 0 Å². The molecule has 1 unspecified atom stereocenters. The van der Waals surface area contributed by atoms with Gasteiger partial charge in [-0.2, -0.15) is 0 Å². The Morgan fingerprint density at radius 1 is 1.24 bits per heavy atom. The van der Waals surface area contributed by atoms with Crippen molar-refractivity contribution < 1.29 is 9.47 Å². The molecule has 0 saturated carbocycles. The van der Waals surface area contributed by atoms with Crippen LogP contribution in [0.15, 0.2) is 36.4 Å². The fourth-order valence-corrected chi connectivity index (χ4v) is 2.08. The molecule has 1 aliphatic rings. The summed E-state index contributed by atoms with van der Waals surface area (Å²) in [5.41, 5.74) is 1.27. The Balaban J connectivity index is 2.02. The van der Waals surface area contributed by atoms with Crippen LogP contribution in [0.4, 0.5) is 0 Å². The zero-order chi connectivity index (χ0) is 11.7. The van der Waals surface area contributed by atoms with E-state index >= 15 is 0 Å². The summed E-state index contributed by atoms with van der Waals surface area (Å²) < 4.78 is 11.1. The molecule has 2 heteroatoms. The van der Waals surface area contributed by atoms with E-state index in [1.807, 2.05) is 0 Å². The van der Waals surface area contributed by atoms with Crippen LogP contribution in [-0.4, -0.2) is 19.3 Å². The predicted octanol–water partition coefficient (Wildman–Crippen LogP) is 3.18. The molecule has 1 saturated heterocycles. The van der Waals surface area contributed by atoms with Crippen LogP contribution in [0.2, 0.25) is 0 Å². The lowest BCUT2D eigenvalue weighted by Crippen LogP contribution is -2.06. The Hall–Kier alpha value is -1.54. The monoisotopic (exact) mass is 228 g/mol. The molecule has 1 aliphatic heterocycles. The van der Waals surface area contributed by atoms with Crippen LogP contribution in [-0.2, 0) is 11.2 Å². The number of epoxide rings is 1. The van der Waals surface area contributed by atoms with Gasteiger partial charge >= 0.3 is 0 Å². The molecule has 17 heavy (non-hydrogen) atoms. The molecule has 2 nitrogen and oxygen atoms in total. The minimum Gasteiger partial charge on any atom is -0.490 e. The van der Waals surface area contributed by atoms with Gasteiger partial charge in [0.05, 0.1) is 6.61 Å². The maximum atomic E-state index is 5.94. The van der Waals surface area contributed by atoms with Crippen molar-refractivity contribution in [3.63, 3.8) is 0 Å². The summed E-state index contributed by atoms with van der Waals surface area (Å²) >= 11 is 0. The lowest BCUT2D eigenvalue weighted by molar-refractivity contribution is 0.263. The van der Waals surface area contributed by atoms with E-state index in [2.05, 4.69) is 43.3 Å². The molecule has 1 atom stereocenters. The topological polar surface area (TPSA) is 21.8 Å². The van der Waals surface area contributed by atoms with E-state index in [0.29, 0.717) is 12.7 Å². The number of hydrogen-bond donors (Lipinski definition) is 0. The standard InChI is InChI=1S/C15H16O2/c1-2-11-7-8-12-5-3-4-6-14(12)15(11)17-10-13-9-16-13/h3-8,13H,2,9-10H2,1H3. The first-order chi connectivity index (χ1) is 8.38. The molecule has 2 aromatic rings. The van der Waals surface area contributed by atoms with Crippen molar-refractivity contribution in [1.29, 1.82) is 0 Å². The van der Waals surface area contributed by atoms with Crippen molar-refractivity contribution in [1.82, 2.24) is 0 Å². The summed E-state index contributed by atoms with van der Waals surface area (Å²) in [6.07, 6.45) is 1.30. The average molecular weight is 228 g/mol. The Morgan fingerprint density at radius 2 is 2.06 bits per heavy atom. The van der Waals surface area contributed by atoms with E-state index in [9.17, 15) is 0 Å². The quantitative estimate of drug-likeness (QED) is 0.750. The second kappa shape index (κ2) is 4.38. The van der Waals surface area contributed by atoms with Crippen LogP contribution >= 0.6 is 0 Å². The maximum absolute atomic E-state index is 5.94. The van der Waals surface area contributed by atoms with E-state index in [1.165, 1.54) is 16.3 Å². The van der Waals surface area contributed by atoms with Gasteiger partial charge in [-0.1, -0.05) is 43.3 Å². The Labute approximate surface area is 101 Å². The fraction of sp³-hybridized carbons (Fsp3) is 0.333. The van der Waals surface area contributed by atoms with Gasteiger partial charge in [-0.3, -0.25) is 0 Å². The molecule has 0 radical (unpaired) electrons. The van der Waals surface area contributed by atoms with Gasteiger partial charge in [0.25, 0.3) is 0 Å². The van der Waals surface area contributed by atoms with Crippen LogP contribution in [0.1, 0.15) is 12.5 Å². The van der Waals surface area contributed by atoms with Crippen molar-refractivity contribution in [2.45, 2.75) is 19.4 Å². The second-order valence-corrected chi connectivity index (χ2v) is 4.39. The average Bonchev–Trinajstić information content (AvgIpc) is 3.19. The Morgan fingerprint density at radius 3 is 2.82 bits per heavy atom. The molecule has 88 valence electrons. The summed E-state index contributed by atoms with van der Waals surface area (Å²) in [6, 6.07) is 12.7. The van der Waals surface area contributed by atoms with Crippen molar-refractivity contribution in [3.05, 3.63) is 42.0 Å². The fourth-order valence-electron chi connectivity index (χ4n) is 2.08. The third-order valence-corrected chi connectivity index (χ3v) is 3.16. The van der Waals surface area contributed by atoms with E-state index in [0.717, 1.165) is 18.8 Å². The first kappa shape index (κ1) is 10.6. The number of aryl methyl sites for hydroxylation is 1. The Bertz CT molecular complexity index is 529. The van der Waals surface area contributed by atoms with Gasteiger partial charge in [-0.05, 0) is 17.4 Å². The molecule has 0 aliphatic carbocycles. The molecule has 0 amide bonds. The van der Waals surface area contributed by atoms with Gasteiger partial charge in [0.15, 0.2) is 0 Å². The molecular weight excluding hydrogens is 212 g/mol. The molecule has 1 heterocycles. The van der Waals surface area contributed by atoms with Crippen molar-refractivity contribution in [3.8, 4) is 5.75 Å². The zero-order valence-electron chi connectivity index (χ0n) is 9.98. The molecule has 0 spiro atoms. The third-order valence-electron chi connectivity index (χ3n) is 3.16. The van der Waals surface area contributed by atoms with Crippen molar-refractivity contribution >= 4 is 10.8 Å². The number of hydrogen-bond acceptors (Lipinski definition) is 2. The van der Waals surface area contributed by atoms with Crippen molar-refractivity contribution in [2.24, 2.45) is 0 Å². The highest BCUT2D eigenvalue weighted by Gasteiger charge is 2.23. The third kappa shape index (κ3) is 2.13. The van der Waals surface area contributed by atoms with Crippen LogP contribution in [0.3, 0.4) is 0 Å². The predicted molar refractivity (Wildman–Crippen MR) is 68.6 cm³/mol. The van der Waals surface area contributed by atoms with Gasteiger partial charge in [0, 0.05) is 5.39 Å². The second-order valence-electron chi connectivity index (χ2n) is 4.39. The smallest absolute Gasteiger partial charge is 0.130 e. The molecule has 0 N–H and O–H groups in total. The number of ether oxygens (including phenoxy) is 2. The summed E-state index contributed by atoms with van der Waals surface area (Å²) in [5, 5.41) is 2.43. The number of benzene rings is 2. The summed E-state index contributed by atoms with van der Waals surface area (Å²) in [4.78, 5) is 0. The molecule has 3 rings (SSSR count). The summed E-state index contributed by atoms with van der Waals surface area (Å²) in [5.74, 6) is 1.03. The number of fused-ring (bicyclic) bond motifs is 1. The lowest BCUT2D eigenvalue weighted by Gasteiger charge is -2.12. The highest BCUT2D eigenvalue weighted by Crippen LogP contribution is 2.31. The highest BCUT2D eigenvalue weighted by molar-refractivity contribution is 5.89. The van der Waals surface area contributed by atoms with E-state index in [1.54, 1.807) is 0 Å². The highest BCUT2D eigenvalue weighted by atomic mass is 16.6. The zero-order valence-corrected chi connectivity index (χ0v) is 9.98. The van der Waals surface area contributed by atoms with Crippen LogP contribution in [0.25, 0.3) is 10.8 Å². The summed E-state index contributed by atoms with van der Waals surface area (Å²) in [7, 11) is 0. The molecular formula is C15H16O2. The van der Waals surface area contributed by atoms with Crippen molar-refractivity contribution in [2.75, 3.05) is 13.2 Å². The van der Waals surface area contributed by atoms with Crippen LogP contribution < -0.4 is 4.74 Å². The first-order valence-electron chi connectivity index (χ1n) is 6.13. The van der Waals surface area contributed by atoms with E-state index in [-0.39, 0.29) is 0 Å². The lowest BCUT2D eigenvalue weighted by atomic mass is 10.0.